The fraction of sp³-hybridized carbons (Fsp3) is 0.381. The maximum Gasteiger partial charge on any atom is 0.314 e. The molecular formula is C21H20F2O4. The van der Waals surface area contributed by atoms with Crippen LogP contribution in [0.4, 0.5) is 8.78 Å². The molecule has 27 heavy (non-hydrogen) atoms. The summed E-state index contributed by atoms with van der Waals surface area (Å²) in [6, 6.07) is 7.00. The van der Waals surface area contributed by atoms with Crippen molar-refractivity contribution in [2.75, 3.05) is 0 Å². The van der Waals surface area contributed by atoms with Crippen molar-refractivity contribution in [3.8, 4) is 11.5 Å². The van der Waals surface area contributed by atoms with Gasteiger partial charge in [0.25, 0.3) is 0 Å². The molecule has 0 bridgehead atoms. The Morgan fingerprint density at radius 3 is 2.59 bits per heavy atom. The van der Waals surface area contributed by atoms with Crippen LogP contribution in [0.15, 0.2) is 30.3 Å². The lowest BCUT2D eigenvalue weighted by molar-refractivity contribution is -0.140. The Hall–Kier alpha value is -2.63. The number of rotatable bonds is 5. The van der Waals surface area contributed by atoms with Crippen LogP contribution in [0.5, 0.6) is 11.5 Å². The number of ether oxygens (including phenoxy) is 2. The average molecular weight is 374 g/mol. The molecule has 1 aliphatic carbocycles. The van der Waals surface area contributed by atoms with E-state index in [-0.39, 0.29) is 18.2 Å². The normalized spacial score (nSPS) is 18.5. The SMILES string of the molecule is CC1(C)Cc2cc(F)cc(COc3ccc(C4(C(=O)O)CC4)cc3F)c2O1. The van der Waals surface area contributed by atoms with Gasteiger partial charge >= 0.3 is 5.97 Å². The van der Waals surface area contributed by atoms with Gasteiger partial charge in [-0.05, 0) is 56.5 Å². The minimum atomic E-state index is -0.970. The second-order valence-corrected chi connectivity index (χ2v) is 7.91. The predicted octanol–water partition coefficient (Wildman–Crippen LogP) is 4.37. The zero-order valence-electron chi connectivity index (χ0n) is 15.1. The quantitative estimate of drug-likeness (QED) is 0.844. The van der Waals surface area contributed by atoms with Crippen molar-refractivity contribution in [1.82, 2.24) is 0 Å². The first-order valence-corrected chi connectivity index (χ1v) is 8.87. The maximum absolute atomic E-state index is 14.4. The number of hydrogen-bond donors (Lipinski definition) is 1. The molecular weight excluding hydrogens is 354 g/mol. The Balaban J connectivity index is 1.55. The van der Waals surface area contributed by atoms with Crippen LogP contribution in [0.3, 0.4) is 0 Å². The van der Waals surface area contributed by atoms with E-state index in [1.165, 1.54) is 24.3 Å². The predicted molar refractivity (Wildman–Crippen MR) is 94.1 cm³/mol. The van der Waals surface area contributed by atoms with Gasteiger partial charge < -0.3 is 14.6 Å². The summed E-state index contributed by atoms with van der Waals surface area (Å²) in [5.74, 6) is -1.38. The van der Waals surface area contributed by atoms with Crippen LogP contribution >= 0.6 is 0 Å². The maximum atomic E-state index is 14.4. The molecule has 0 saturated heterocycles. The van der Waals surface area contributed by atoms with E-state index in [4.69, 9.17) is 9.47 Å². The van der Waals surface area contributed by atoms with E-state index in [1.807, 2.05) is 13.8 Å². The number of aliphatic carboxylic acids is 1. The molecule has 2 aromatic carbocycles. The lowest BCUT2D eigenvalue weighted by atomic mass is 9.96. The molecule has 0 unspecified atom stereocenters. The summed E-state index contributed by atoms with van der Waals surface area (Å²) in [6.45, 7) is 3.80. The highest BCUT2D eigenvalue weighted by Gasteiger charge is 2.52. The van der Waals surface area contributed by atoms with Crippen molar-refractivity contribution < 1.29 is 28.2 Å². The fourth-order valence-corrected chi connectivity index (χ4v) is 3.67. The Morgan fingerprint density at radius 1 is 1.22 bits per heavy atom. The van der Waals surface area contributed by atoms with Gasteiger partial charge in [0.2, 0.25) is 0 Å². The van der Waals surface area contributed by atoms with Gasteiger partial charge in [-0.25, -0.2) is 8.78 Å². The van der Waals surface area contributed by atoms with Gasteiger partial charge in [-0.15, -0.1) is 0 Å². The molecule has 0 aromatic heterocycles. The largest absolute Gasteiger partial charge is 0.487 e. The highest BCUT2D eigenvalue weighted by atomic mass is 19.1. The molecule has 0 amide bonds. The molecule has 4 nitrogen and oxygen atoms in total. The Kier molecular flexibility index (Phi) is 3.91. The monoisotopic (exact) mass is 374 g/mol. The minimum Gasteiger partial charge on any atom is -0.487 e. The smallest absolute Gasteiger partial charge is 0.314 e. The third-order valence-corrected chi connectivity index (χ3v) is 5.23. The van der Waals surface area contributed by atoms with Gasteiger partial charge in [-0.1, -0.05) is 6.07 Å². The zero-order valence-corrected chi connectivity index (χ0v) is 15.1. The Bertz CT molecular complexity index is 932. The van der Waals surface area contributed by atoms with Crippen molar-refractivity contribution >= 4 is 5.97 Å². The number of fused-ring (bicyclic) bond motifs is 1. The number of halogens is 2. The van der Waals surface area contributed by atoms with Gasteiger partial charge in [0.05, 0.1) is 5.41 Å². The first-order valence-electron chi connectivity index (χ1n) is 8.87. The van der Waals surface area contributed by atoms with E-state index in [2.05, 4.69) is 0 Å². The molecule has 0 atom stereocenters. The first kappa shape index (κ1) is 17.8. The summed E-state index contributed by atoms with van der Waals surface area (Å²) < 4.78 is 39.8. The molecule has 1 fully saturated rings. The van der Waals surface area contributed by atoms with E-state index < -0.39 is 22.8 Å². The van der Waals surface area contributed by atoms with Gasteiger partial charge in [-0.2, -0.15) is 0 Å². The fourth-order valence-electron chi connectivity index (χ4n) is 3.67. The third kappa shape index (κ3) is 3.13. The summed E-state index contributed by atoms with van der Waals surface area (Å²) in [5.41, 5.74) is 0.335. The third-order valence-electron chi connectivity index (χ3n) is 5.23. The number of hydrogen-bond acceptors (Lipinski definition) is 3. The minimum absolute atomic E-state index is 0.00444. The lowest BCUT2D eigenvalue weighted by Gasteiger charge is -2.18. The Morgan fingerprint density at radius 2 is 1.96 bits per heavy atom. The summed E-state index contributed by atoms with van der Waals surface area (Å²) in [4.78, 5) is 11.4. The van der Waals surface area contributed by atoms with Crippen molar-refractivity contribution in [3.05, 3.63) is 58.7 Å². The van der Waals surface area contributed by atoms with E-state index in [0.29, 0.717) is 36.1 Å². The van der Waals surface area contributed by atoms with Gasteiger partial charge in [0.15, 0.2) is 11.6 Å². The topological polar surface area (TPSA) is 55.8 Å². The molecule has 1 saturated carbocycles. The molecule has 2 aromatic rings. The average Bonchev–Trinajstić information content (AvgIpc) is 3.32. The molecule has 0 radical (unpaired) electrons. The Labute approximate surface area is 155 Å². The number of carboxylic acids is 1. The van der Waals surface area contributed by atoms with Crippen molar-refractivity contribution in [3.63, 3.8) is 0 Å². The standard InChI is InChI=1S/C21H20F2O4/c1-20(2)10-12-7-15(22)8-13(18(12)27-20)11-26-17-4-3-14(9-16(17)23)21(5-6-21)19(24)25/h3-4,7-9H,5-6,10-11H2,1-2H3,(H,24,25). The molecule has 0 spiro atoms. The second kappa shape index (κ2) is 5.94. The first-order chi connectivity index (χ1) is 12.7. The molecule has 6 heteroatoms. The van der Waals surface area contributed by atoms with Crippen LogP contribution in [0.25, 0.3) is 0 Å². The van der Waals surface area contributed by atoms with Crippen molar-refractivity contribution in [2.45, 2.75) is 50.7 Å². The zero-order chi connectivity index (χ0) is 19.4. The summed E-state index contributed by atoms with van der Waals surface area (Å²) in [7, 11) is 0. The van der Waals surface area contributed by atoms with Crippen molar-refractivity contribution in [1.29, 1.82) is 0 Å². The van der Waals surface area contributed by atoms with Gasteiger partial charge in [0.1, 0.15) is 23.8 Å². The van der Waals surface area contributed by atoms with Gasteiger partial charge in [0, 0.05) is 17.5 Å². The number of carboxylic acid groups (broad SMARTS) is 1. The van der Waals surface area contributed by atoms with Crippen LogP contribution in [0.2, 0.25) is 0 Å². The second-order valence-electron chi connectivity index (χ2n) is 7.91. The lowest BCUT2D eigenvalue weighted by Crippen LogP contribution is -2.25. The molecule has 1 aliphatic heterocycles. The van der Waals surface area contributed by atoms with Crippen LogP contribution < -0.4 is 9.47 Å². The molecule has 142 valence electrons. The molecule has 4 rings (SSSR count). The molecule has 1 heterocycles. The number of benzene rings is 2. The summed E-state index contributed by atoms with van der Waals surface area (Å²) in [6.07, 6.45) is 1.60. The summed E-state index contributed by atoms with van der Waals surface area (Å²) in [5, 5.41) is 9.32. The van der Waals surface area contributed by atoms with Crippen LogP contribution in [-0.4, -0.2) is 16.7 Å². The molecule has 1 N–H and O–H groups in total. The van der Waals surface area contributed by atoms with Crippen molar-refractivity contribution in [2.24, 2.45) is 0 Å². The highest BCUT2D eigenvalue weighted by Crippen LogP contribution is 2.49. The van der Waals surface area contributed by atoms with E-state index in [1.54, 1.807) is 6.07 Å². The van der Waals surface area contributed by atoms with Gasteiger partial charge in [-0.3, -0.25) is 4.79 Å². The van der Waals surface area contributed by atoms with E-state index in [0.717, 1.165) is 5.56 Å². The van der Waals surface area contributed by atoms with Crippen LogP contribution in [-0.2, 0) is 23.2 Å². The van der Waals surface area contributed by atoms with E-state index >= 15 is 0 Å². The van der Waals surface area contributed by atoms with E-state index in [9.17, 15) is 18.7 Å². The van der Waals surface area contributed by atoms with Crippen LogP contribution in [0.1, 0.15) is 43.4 Å². The molecule has 2 aliphatic rings. The highest BCUT2D eigenvalue weighted by molar-refractivity contribution is 5.84. The summed E-state index contributed by atoms with van der Waals surface area (Å²) >= 11 is 0. The number of carbonyl (C=O) groups is 1. The van der Waals surface area contributed by atoms with Crippen LogP contribution in [0, 0.1) is 11.6 Å².